The predicted octanol–water partition coefficient (Wildman–Crippen LogP) is 3.60. The molecular weight excluding hydrogens is 581 g/mol. The zero-order chi connectivity index (χ0) is 30.7. The molecule has 2 N–H and O–H groups in total. The Morgan fingerprint density at radius 1 is 1.10 bits per heavy atom. The van der Waals surface area contributed by atoms with Gasteiger partial charge >= 0.3 is 12.1 Å². The topological polar surface area (TPSA) is 140 Å². The van der Waals surface area contributed by atoms with Crippen LogP contribution in [0.15, 0.2) is 48.5 Å². The van der Waals surface area contributed by atoms with E-state index in [4.69, 9.17) is 9.84 Å². The molecule has 1 aliphatic heterocycles. The average molecular weight is 611 g/mol. The number of carbonyl (C=O) groups excluding carboxylic acids is 1. The summed E-state index contributed by atoms with van der Waals surface area (Å²) in [5, 5.41) is 15.4. The lowest BCUT2D eigenvalue weighted by Gasteiger charge is -2.21. The largest absolute Gasteiger partial charge is 0.478 e. The SMILES string of the molecule is C[C@H](NC(=O)c1c(C(F)(F)F)nn2c1N(Cc1cccc(COCCOS(C)(=O)=O)c1)CC2)c1ccc(C(=O)O)cc1. The summed E-state index contributed by atoms with van der Waals surface area (Å²) < 4.78 is 75.3. The van der Waals surface area contributed by atoms with Gasteiger partial charge in [0.1, 0.15) is 11.4 Å². The number of amides is 1. The number of halogens is 3. The van der Waals surface area contributed by atoms with Crippen LogP contribution < -0.4 is 10.2 Å². The Bertz CT molecular complexity index is 1560. The third kappa shape index (κ3) is 7.66. The zero-order valence-corrected chi connectivity index (χ0v) is 23.5. The predicted molar refractivity (Wildman–Crippen MR) is 144 cm³/mol. The van der Waals surface area contributed by atoms with Crippen molar-refractivity contribution in [3.8, 4) is 0 Å². The number of rotatable bonds is 12. The summed E-state index contributed by atoms with van der Waals surface area (Å²) >= 11 is 0. The van der Waals surface area contributed by atoms with Crippen molar-refractivity contribution in [1.29, 1.82) is 0 Å². The average Bonchev–Trinajstić information content (AvgIpc) is 3.48. The van der Waals surface area contributed by atoms with Gasteiger partial charge in [-0.2, -0.15) is 26.7 Å². The maximum Gasteiger partial charge on any atom is 0.436 e. The van der Waals surface area contributed by atoms with Crippen LogP contribution in [0.1, 0.15) is 56.1 Å². The molecule has 42 heavy (non-hydrogen) atoms. The molecule has 1 amide bonds. The Morgan fingerprint density at radius 3 is 2.43 bits per heavy atom. The first-order valence-corrected chi connectivity index (χ1v) is 14.6. The Balaban J connectivity index is 1.51. The maximum absolute atomic E-state index is 14.0. The van der Waals surface area contributed by atoms with E-state index in [9.17, 15) is 31.2 Å². The molecule has 1 aromatic heterocycles. The molecule has 0 saturated carbocycles. The van der Waals surface area contributed by atoms with Crippen LogP contribution in [0.4, 0.5) is 19.0 Å². The Labute approximate surface area is 240 Å². The normalized spacial score (nSPS) is 14.1. The van der Waals surface area contributed by atoms with Crippen molar-refractivity contribution in [2.45, 2.75) is 38.8 Å². The van der Waals surface area contributed by atoms with Crippen molar-refractivity contribution < 1.29 is 45.2 Å². The molecule has 226 valence electrons. The maximum atomic E-state index is 14.0. The number of ether oxygens (including phenoxy) is 1. The van der Waals surface area contributed by atoms with Gasteiger partial charge in [0.05, 0.1) is 44.2 Å². The highest BCUT2D eigenvalue weighted by Crippen LogP contribution is 2.38. The smallest absolute Gasteiger partial charge is 0.436 e. The van der Waals surface area contributed by atoms with Crippen LogP contribution in [0, 0.1) is 0 Å². The van der Waals surface area contributed by atoms with Gasteiger partial charge in [0, 0.05) is 13.1 Å². The number of carboxylic acid groups (broad SMARTS) is 1. The quantitative estimate of drug-likeness (QED) is 0.233. The van der Waals surface area contributed by atoms with Crippen molar-refractivity contribution in [2.24, 2.45) is 0 Å². The number of fused-ring (bicyclic) bond motifs is 1. The van der Waals surface area contributed by atoms with Gasteiger partial charge in [0.2, 0.25) is 0 Å². The molecule has 0 fully saturated rings. The van der Waals surface area contributed by atoms with Crippen LogP contribution >= 0.6 is 0 Å². The van der Waals surface area contributed by atoms with E-state index in [0.29, 0.717) is 12.1 Å². The van der Waals surface area contributed by atoms with Gasteiger partial charge in [0.25, 0.3) is 16.0 Å². The Kier molecular flexibility index (Phi) is 9.23. The van der Waals surface area contributed by atoms with E-state index >= 15 is 0 Å². The number of hydrogen-bond donors (Lipinski definition) is 2. The van der Waals surface area contributed by atoms with Crippen LogP contribution in [-0.4, -0.2) is 61.2 Å². The van der Waals surface area contributed by atoms with Crippen LogP contribution in [0.3, 0.4) is 0 Å². The van der Waals surface area contributed by atoms with Gasteiger partial charge in [-0.1, -0.05) is 36.4 Å². The third-order valence-corrected chi connectivity index (χ3v) is 7.06. The van der Waals surface area contributed by atoms with Gasteiger partial charge < -0.3 is 20.1 Å². The van der Waals surface area contributed by atoms with Gasteiger partial charge in [-0.05, 0) is 35.7 Å². The second-order valence-electron chi connectivity index (χ2n) is 9.71. The second-order valence-corrected chi connectivity index (χ2v) is 11.4. The van der Waals surface area contributed by atoms with Crippen molar-refractivity contribution in [3.63, 3.8) is 0 Å². The molecule has 0 bridgehead atoms. The zero-order valence-electron chi connectivity index (χ0n) is 22.7. The number of alkyl halides is 3. The number of aromatic carboxylic acids is 1. The second kappa shape index (κ2) is 12.5. The lowest BCUT2D eigenvalue weighted by molar-refractivity contribution is -0.141. The molecule has 2 aromatic carbocycles. The number of nitrogens with one attached hydrogen (secondary N) is 1. The third-order valence-electron chi connectivity index (χ3n) is 6.47. The number of aromatic nitrogens is 2. The van der Waals surface area contributed by atoms with Crippen molar-refractivity contribution in [3.05, 3.63) is 82.0 Å². The highest BCUT2D eigenvalue weighted by molar-refractivity contribution is 7.85. The Hall–Kier alpha value is -3.95. The first-order valence-electron chi connectivity index (χ1n) is 12.8. The molecule has 0 saturated heterocycles. The molecule has 2 heterocycles. The minimum atomic E-state index is -4.87. The molecule has 0 spiro atoms. The fraction of sp³-hybridized carbons (Fsp3) is 0.370. The summed E-state index contributed by atoms with van der Waals surface area (Å²) in [4.78, 5) is 26.1. The van der Waals surface area contributed by atoms with Crippen molar-refractivity contribution >= 4 is 27.8 Å². The first-order chi connectivity index (χ1) is 19.7. The number of anilines is 1. The minimum absolute atomic E-state index is 0.0401. The van der Waals surface area contributed by atoms with Crippen LogP contribution in [0.2, 0.25) is 0 Å². The number of hydrogen-bond acceptors (Lipinski definition) is 8. The summed E-state index contributed by atoms with van der Waals surface area (Å²) in [6, 6.07) is 12.1. The summed E-state index contributed by atoms with van der Waals surface area (Å²) in [5.74, 6) is -2.03. The van der Waals surface area contributed by atoms with Crippen molar-refractivity contribution in [1.82, 2.24) is 15.1 Å². The van der Waals surface area contributed by atoms with Crippen molar-refractivity contribution in [2.75, 3.05) is 30.9 Å². The van der Waals surface area contributed by atoms with Gasteiger partial charge in [-0.25, -0.2) is 9.48 Å². The number of carbonyl (C=O) groups is 2. The molecule has 1 atom stereocenters. The lowest BCUT2D eigenvalue weighted by atomic mass is 10.1. The van der Waals surface area contributed by atoms with E-state index in [1.165, 1.54) is 28.9 Å². The Morgan fingerprint density at radius 2 is 1.79 bits per heavy atom. The summed E-state index contributed by atoms with van der Waals surface area (Å²) in [5.41, 5.74) is 0.204. The highest BCUT2D eigenvalue weighted by atomic mass is 32.2. The lowest BCUT2D eigenvalue weighted by Crippen LogP contribution is -2.31. The monoisotopic (exact) mass is 610 g/mol. The van der Waals surface area contributed by atoms with Crippen LogP contribution in [-0.2, 0) is 44.9 Å². The molecule has 4 rings (SSSR count). The summed E-state index contributed by atoms with van der Waals surface area (Å²) in [6.45, 7) is 2.34. The van der Waals surface area contributed by atoms with E-state index in [1.807, 2.05) is 6.07 Å². The number of benzene rings is 2. The van der Waals surface area contributed by atoms with Crippen LogP contribution in [0.5, 0.6) is 0 Å². The van der Waals surface area contributed by atoms with Gasteiger partial charge in [0.15, 0.2) is 5.69 Å². The molecule has 0 radical (unpaired) electrons. The van der Waals surface area contributed by atoms with Crippen LogP contribution in [0.25, 0.3) is 0 Å². The number of carboxylic acids is 1. The molecule has 0 unspecified atom stereocenters. The summed E-state index contributed by atoms with van der Waals surface area (Å²) in [6.07, 6.45) is -3.93. The molecule has 0 aliphatic carbocycles. The van der Waals surface area contributed by atoms with Gasteiger partial charge in [-0.15, -0.1) is 0 Å². The van der Waals surface area contributed by atoms with E-state index < -0.39 is 45.5 Å². The molecule has 11 nitrogen and oxygen atoms in total. The molecule has 15 heteroatoms. The number of nitrogens with zero attached hydrogens (tertiary/aromatic N) is 3. The molecular formula is C27H29F3N4O7S. The van der Waals surface area contributed by atoms with E-state index in [0.717, 1.165) is 17.4 Å². The van der Waals surface area contributed by atoms with E-state index in [1.54, 1.807) is 30.0 Å². The molecule has 3 aromatic rings. The van der Waals surface area contributed by atoms with E-state index in [-0.39, 0.29) is 44.3 Å². The fourth-order valence-electron chi connectivity index (χ4n) is 4.55. The molecule has 1 aliphatic rings. The summed E-state index contributed by atoms with van der Waals surface area (Å²) in [7, 11) is -3.57. The van der Waals surface area contributed by atoms with Gasteiger partial charge in [-0.3, -0.25) is 8.98 Å². The first kappa shape index (κ1) is 31.0. The highest BCUT2D eigenvalue weighted by Gasteiger charge is 2.44. The fourth-order valence-corrected chi connectivity index (χ4v) is 4.92. The minimum Gasteiger partial charge on any atom is -0.478 e. The standard InChI is InChI=1S/C27H29F3N4O7S/c1-17(20-6-8-21(9-7-20)26(36)37)31-24(35)22-23(27(28,29)30)32-34-11-10-33(25(22)34)15-18-4-3-5-19(14-18)16-40-12-13-41-42(2,38)39/h3-9,14,17H,10-13,15-16H2,1-2H3,(H,31,35)(H,36,37)/t17-/m0/s1. The van der Waals surface area contributed by atoms with E-state index in [2.05, 4.69) is 14.6 Å².